The zero-order valence-electron chi connectivity index (χ0n) is 14.4. The van der Waals surface area contributed by atoms with Crippen molar-refractivity contribution in [2.45, 2.75) is 37.8 Å². The molecule has 1 aromatic rings. The largest absolute Gasteiger partial charge is 0.494 e. The number of para-hydroxylation sites is 1. The van der Waals surface area contributed by atoms with Crippen LogP contribution in [0.25, 0.3) is 0 Å². The highest BCUT2D eigenvalue weighted by atomic mass is 32.2. The summed E-state index contributed by atoms with van der Waals surface area (Å²) in [4.78, 5) is 0. The minimum absolute atomic E-state index is 0.0197. The van der Waals surface area contributed by atoms with Crippen molar-refractivity contribution in [1.29, 1.82) is 0 Å². The summed E-state index contributed by atoms with van der Waals surface area (Å²) >= 11 is 0. The van der Waals surface area contributed by atoms with Crippen LogP contribution in [0.4, 0.5) is 0 Å². The maximum Gasteiger partial charge on any atom is 0.282 e. The summed E-state index contributed by atoms with van der Waals surface area (Å²) in [7, 11) is -3.28. The van der Waals surface area contributed by atoms with Crippen LogP contribution in [0, 0.1) is 5.92 Å². The molecule has 138 valence electrons. The van der Waals surface area contributed by atoms with Gasteiger partial charge in [-0.25, -0.2) is 0 Å². The van der Waals surface area contributed by atoms with Gasteiger partial charge in [-0.3, -0.25) is 0 Å². The van der Waals surface area contributed by atoms with Crippen molar-refractivity contribution >= 4 is 10.2 Å². The molecule has 1 saturated carbocycles. The molecular formula is C18H26N2O4S. The van der Waals surface area contributed by atoms with E-state index in [4.69, 9.17) is 9.47 Å². The van der Waals surface area contributed by atoms with Gasteiger partial charge in [0.2, 0.25) is 0 Å². The molecule has 7 heteroatoms. The maximum atomic E-state index is 12.7. The van der Waals surface area contributed by atoms with Crippen LogP contribution >= 0.6 is 0 Å². The first-order chi connectivity index (χ1) is 12.1. The van der Waals surface area contributed by atoms with Gasteiger partial charge in [-0.05, 0) is 37.3 Å². The van der Waals surface area contributed by atoms with Gasteiger partial charge in [-0.2, -0.15) is 17.0 Å². The molecule has 1 aliphatic carbocycles. The molecule has 3 aliphatic rings. The molecule has 0 amide bonds. The first kappa shape index (κ1) is 17.3. The van der Waals surface area contributed by atoms with E-state index in [1.165, 1.54) is 6.42 Å². The second-order valence-corrected chi connectivity index (χ2v) is 9.12. The molecule has 0 spiro atoms. The van der Waals surface area contributed by atoms with Crippen molar-refractivity contribution in [2.75, 3.05) is 32.8 Å². The predicted molar refractivity (Wildman–Crippen MR) is 94.6 cm³/mol. The average molecular weight is 366 g/mol. The molecule has 1 aromatic carbocycles. The van der Waals surface area contributed by atoms with Crippen LogP contribution in [0.15, 0.2) is 30.3 Å². The molecular weight excluding hydrogens is 340 g/mol. The highest BCUT2D eigenvalue weighted by Gasteiger charge is 2.48. The minimum Gasteiger partial charge on any atom is -0.494 e. The van der Waals surface area contributed by atoms with E-state index in [0.29, 0.717) is 38.8 Å². The van der Waals surface area contributed by atoms with E-state index in [9.17, 15) is 8.42 Å². The van der Waals surface area contributed by atoms with E-state index in [0.717, 1.165) is 25.0 Å². The zero-order valence-corrected chi connectivity index (χ0v) is 15.2. The molecule has 25 heavy (non-hydrogen) atoms. The third kappa shape index (κ3) is 3.69. The lowest BCUT2D eigenvalue weighted by Gasteiger charge is -2.41. The van der Waals surface area contributed by atoms with Gasteiger partial charge in [0.1, 0.15) is 5.75 Å². The van der Waals surface area contributed by atoms with Crippen LogP contribution < -0.4 is 4.74 Å². The normalized spacial score (nSPS) is 27.5. The number of ether oxygens (including phenoxy) is 2. The number of nitrogens with zero attached hydrogens (tertiary/aromatic N) is 2. The number of hydrogen-bond donors (Lipinski definition) is 0. The zero-order chi connectivity index (χ0) is 17.3. The molecule has 2 heterocycles. The Morgan fingerprint density at radius 2 is 1.84 bits per heavy atom. The average Bonchev–Trinajstić information content (AvgIpc) is 3.20. The number of benzene rings is 1. The van der Waals surface area contributed by atoms with Gasteiger partial charge in [-0.1, -0.05) is 18.2 Å². The molecule has 0 N–H and O–H groups in total. The molecule has 4 rings (SSSR count). The second kappa shape index (κ2) is 7.23. The SMILES string of the molecule is O=S(=O)(N1CC(OCCCOc2ccccc2)C1)N1CC2CCC1C2. The summed E-state index contributed by atoms with van der Waals surface area (Å²) in [6.07, 6.45) is 4.08. The molecule has 2 unspecified atom stereocenters. The Kier molecular flexibility index (Phi) is 4.99. The van der Waals surface area contributed by atoms with E-state index in [2.05, 4.69) is 0 Å². The minimum atomic E-state index is -3.28. The Morgan fingerprint density at radius 3 is 2.52 bits per heavy atom. The smallest absolute Gasteiger partial charge is 0.282 e. The first-order valence-corrected chi connectivity index (χ1v) is 10.6. The lowest BCUT2D eigenvalue weighted by atomic mass is 10.1. The number of rotatable bonds is 8. The highest BCUT2D eigenvalue weighted by molar-refractivity contribution is 7.86. The Hall–Kier alpha value is -1.15. The van der Waals surface area contributed by atoms with E-state index in [1.54, 1.807) is 8.61 Å². The Balaban J connectivity index is 1.13. The molecule has 3 fully saturated rings. The summed E-state index contributed by atoms with van der Waals surface area (Å²) in [6.45, 7) is 2.88. The summed E-state index contributed by atoms with van der Waals surface area (Å²) in [6, 6.07) is 9.95. The van der Waals surface area contributed by atoms with Crippen molar-refractivity contribution in [1.82, 2.24) is 8.61 Å². The van der Waals surface area contributed by atoms with Gasteiger partial charge < -0.3 is 9.47 Å². The Labute approximate surface area is 149 Å². The quantitative estimate of drug-likeness (QED) is 0.659. The monoisotopic (exact) mass is 366 g/mol. The van der Waals surface area contributed by atoms with Crippen LogP contribution in [0.2, 0.25) is 0 Å². The Bertz CT molecular complexity index is 676. The third-order valence-corrected chi connectivity index (χ3v) is 7.44. The highest BCUT2D eigenvalue weighted by Crippen LogP contribution is 2.40. The van der Waals surface area contributed by atoms with E-state index in [-0.39, 0.29) is 12.1 Å². The van der Waals surface area contributed by atoms with Crippen LogP contribution in [-0.4, -0.2) is 62.0 Å². The molecule has 0 radical (unpaired) electrons. The van der Waals surface area contributed by atoms with Crippen molar-refractivity contribution in [3.8, 4) is 5.75 Å². The van der Waals surface area contributed by atoms with E-state index in [1.807, 2.05) is 30.3 Å². The lowest BCUT2D eigenvalue weighted by molar-refractivity contribution is -0.0257. The van der Waals surface area contributed by atoms with Crippen LogP contribution in [0.1, 0.15) is 25.7 Å². The second-order valence-electron chi connectivity index (χ2n) is 7.24. The van der Waals surface area contributed by atoms with Crippen LogP contribution in [0.3, 0.4) is 0 Å². The summed E-state index contributed by atoms with van der Waals surface area (Å²) in [5.41, 5.74) is 0. The predicted octanol–water partition coefficient (Wildman–Crippen LogP) is 1.89. The third-order valence-electron chi connectivity index (χ3n) is 5.45. The molecule has 2 atom stereocenters. The number of fused-ring (bicyclic) bond motifs is 2. The fourth-order valence-corrected chi connectivity index (χ4v) is 5.99. The van der Waals surface area contributed by atoms with Crippen LogP contribution in [0.5, 0.6) is 5.75 Å². The molecule has 2 saturated heterocycles. The summed E-state index contributed by atoms with van der Waals surface area (Å²) in [5.74, 6) is 1.45. The number of hydrogen-bond acceptors (Lipinski definition) is 4. The standard InChI is InChI=1S/C18H26N2O4S/c21-25(22,20-12-15-7-8-16(20)11-15)19-13-18(14-19)24-10-4-9-23-17-5-2-1-3-6-17/h1-3,5-6,15-16,18H,4,7-14H2. The van der Waals surface area contributed by atoms with Gasteiger partial charge in [0, 0.05) is 32.1 Å². The molecule has 6 nitrogen and oxygen atoms in total. The van der Waals surface area contributed by atoms with Crippen molar-refractivity contribution in [3.05, 3.63) is 30.3 Å². The Morgan fingerprint density at radius 1 is 1.04 bits per heavy atom. The van der Waals surface area contributed by atoms with E-state index < -0.39 is 10.2 Å². The van der Waals surface area contributed by atoms with Gasteiger partial charge in [0.15, 0.2) is 0 Å². The first-order valence-electron chi connectivity index (χ1n) is 9.19. The fraction of sp³-hybridized carbons (Fsp3) is 0.667. The van der Waals surface area contributed by atoms with Gasteiger partial charge in [0.05, 0.1) is 19.3 Å². The van der Waals surface area contributed by atoms with Crippen molar-refractivity contribution in [3.63, 3.8) is 0 Å². The molecule has 0 aromatic heterocycles. The summed E-state index contributed by atoms with van der Waals surface area (Å²) in [5, 5.41) is 0. The molecule has 2 aliphatic heterocycles. The summed E-state index contributed by atoms with van der Waals surface area (Å²) < 4.78 is 40.0. The molecule has 2 bridgehead atoms. The van der Waals surface area contributed by atoms with Crippen molar-refractivity contribution < 1.29 is 17.9 Å². The van der Waals surface area contributed by atoms with Crippen molar-refractivity contribution in [2.24, 2.45) is 5.92 Å². The topological polar surface area (TPSA) is 59.1 Å². The number of piperidine rings is 1. The fourth-order valence-electron chi connectivity index (χ4n) is 4.02. The maximum absolute atomic E-state index is 12.7. The van der Waals surface area contributed by atoms with Crippen LogP contribution in [-0.2, 0) is 14.9 Å². The van der Waals surface area contributed by atoms with Gasteiger partial charge >= 0.3 is 0 Å². The van der Waals surface area contributed by atoms with Gasteiger partial charge in [-0.15, -0.1) is 0 Å². The lowest BCUT2D eigenvalue weighted by Crippen LogP contribution is -2.59. The van der Waals surface area contributed by atoms with Gasteiger partial charge in [0.25, 0.3) is 10.2 Å². The van der Waals surface area contributed by atoms with E-state index >= 15 is 0 Å².